The summed E-state index contributed by atoms with van der Waals surface area (Å²) in [4.78, 5) is 4.48. The maximum Gasteiger partial charge on any atom is 0.108 e. The maximum absolute atomic E-state index is 5.69. The number of hydrazone groups is 1. The van der Waals surface area contributed by atoms with Gasteiger partial charge in [-0.05, 0) is 43.4 Å². The lowest BCUT2D eigenvalue weighted by molar-refractivity contribution is 0.0226. The van der Waals surface area contributed by atoms with E-state index in [2.05, 4.69) is 34.9 Å². The standard InChI is InChI=1S/C19H26N4O/c1-2-16-12-15(6-5-10-20)8-9-18(16)19(23-21)14-22-13-17-7-3-4-11-24-17/h8-9,12,14,17H,2-4,7,10-11,13,20-21H2,1H3/b22-14?,23-19+. The molecule has 0 spiro atoms. The van der Waals surface area contributed by atoms with Crippen LogP contribution in [0.15, 0.2) is 28.3 Å². The van der Waals surface area contributed by atoms with Gasteiger partial charge in [0, 0.05) is 23.9 Å². The lowest BCUT2D eigenvalue weighted by atomic mass is 9.98. The number of aliphatic imine (C=N–C) groups is 1. The van der Waals surface area contributed by atoms with Gasteiger partial charge in [0.2, 0.25) is 0 Å². The van der Waals surface area contributed by atoms with Crippen molar-refractivity contribution in [1.82, 2.24) is 0 Å². The lowest BCUT2D eigenvalue weighted by Crippen LogP contribution is -2.22. The molecule has 0 saturated carbocycles. The monoisotopic (exact) mass is 326 g/mol. The Morgan fingerprint density at radius 2 is 2.29 bits per heavy atom. The molecule has 1 fully saturated rings. The summed E-state index contributed by atoms with van der Waals surface area (Å²) in [5.74, 6) is 11.5. The molecular weight excluding hydrogens is 300 g/mol. The highest BCUT2D eigenvalue weighted by atomic mass is 16.5. The topological polar surface area (TPSA) is 86.0 Å². The van der Waals surface area contributed by atoms with Crippen LogP contribution in [0.3, 0.4) is 0 Å². The van der Waals surface area contributed by atoms with Gasteiger partial charge in [-0.1, -0.05) is 24.8 Å². The minimum absolute atomic E-state index is 0.216. The molecule has 2 rings (SSSR count). The molecule has 1 aliphatic rings. The second-order valence-corrected chi connectivity index (χ2v) is 5.73. The molecule has 0 aromatic heterocycles. The summed E-state index contributed by atoms with van der Waals surface area (Å²) in [6.45, 7) is 3.94. The Kier molecular flexibility index (Phi) is 7.47. The Balaban J connectivity index is 2.11. The molecule has 4 N–H and O–H groups in total. The molecule has 1 unspecified atom stereocenters. The van der Waals surface area contributed by atoms with Crippen molar-refractivity contribution < 1.29 is 4.74 Å². The van der Waals surface area contributed by atoms with Gasteiger partial charge in [0.15, 0.2) is 0 Å². The predicted octanol–water partition coefficient (Wildman–Crippen LogP) is 1.86. The summed E-state index contributed by atoms with van der Waals surface area (Å²) in [5.41, 5.74) is 9.19. The molecule has 0 radical (unpaired) electrons. The van der Waals surface area contributed by atoms with E-state index in [4.69, 9.17) is 16.3 Å². The smallest absolute Gasteiger partial charge is 0.108 e. The molecule has 0 aliphatic carbocycles. The molecule has 5 nitrogen and oxygen atoms in total. The van der Waals surface area contributed by atoms with Crippen molar-refractivity contribution in [3.8, 4) is 11.8 Å². The minimum Gasteiger partial charge on any atom is -0.376 e. The van der Waals surface area contributed by atoms with Crippen LogP contribution in [0.25, 0.3) is 0 Å². The summed E-state index contributed by atoms with van der Waals surface area (Å²) in [5, 5.41) is 3.91. The van der Waals surface area contributed by atoms with Gasteiger partial charge in [-0.25, -0.2) is 0 Å². The molecule has 1 aromatic rings. The van der Waals surface area contributed by atoms with Crippen LogP contribution < -0.4 is 11.6 Å². The molecule has 0 amide bonds. The highest BCUT2D eigenvalue weighted by molar-refractivity contribution is 6.38. The third kappa shape index (κ3) is 5.19. The third-order valence-corrected chi connectivity index (χ3v) is 4.03. The molecular formula is C19H26N4O. The van der Waals surface area contributed by atoms with Gasteiger partial charge in [0.1, 0.15) is 5.71 Å². The summed E-state index contributed by atoms with van der Waals surface area (Å²) in [6.07, 6.45) is 6.26. The molecule has 0 bridgehead atoms. The summed E-state index contributed by atoms with van der Waals surface area (Å²) in [6, 6.07) is 6.01. The molecule has 1 atom stereocenters. The van der Waals surface area contributed by atoms with E-state index in [-0.39, 0.29) is 6.10 Å². The van der Waals surface area contributed by atoms with Crippen LogP contribution in [0.4, 0.5) is 0 Å². The van der Waals surface area contributed by atoms with Gasteiger partial charge in [0.25, 0.3) is 0 Å². The number of ether oxygens (including phenoxy) is 1. The minimum atomic E-state index is 0.216. The summed E-state index contributed by atoms with van der Waals surface area (Å²) in [7, 11) is 0. The maximum atomic E-state index is 5.69. The first-order chi connectivity index (χ1) is 11.8. The Morgan fingerprint density at radius 1 is 1.42 bits per heavy atom. The largest absolute Gasteiger partial charge is 0.376 e. The fourth-order valence-electron chi connectivity index (χ4n) is 2.75. The molecule has 24 heavy (non-hydrogen) atoms. The first kappa shape index (κ1) is 18.2. The number of nitrogens with zero attached hydrogens (tertiary/aromatic N) is 2. The zero-order valence-corrected chi connectivity index (χ0v) is 14.3. The van der Waals surface area contributed by atoms with Gasteiger partial charge >= 0.3 is 0 Å². The van der Waals surface area contributed by atoms with Crippen LogP contribution in [-0.4, -0.2) is 37.7 Å². The van der Waals surface area contributed by atoms with Crippen molar-refractivity contribution in [3.05, 3.63) is 34.9 Å². The van der Waals surface area contributed by atoms with Gasteiger partial charge in [0.05, 0.1) is 19.2 Å². The number of aryl methyl sites for hydroxylation is 1. The van der Waals surface area contributed by atoms with Crippen LogP contribution in [0.1, 0.15) is 42.9 Å². The van der Waals surface area contributed by atoms with Crippen molar-refractivity contribution in [2.24, 2.45) is 21.7 Å². The van der Waals surface area contributed by atoms with E-state index < -0.39 is 0 Å². The van der Waals surface area contributed by atoms with Crippen molar-refractivity contribution in [3.63, 3.8) is 0 Å². The Bertz CT molecular complexity index is 649. The van der Waals surface area contributed by atoms with E-state index in [1.54, 1.807) is 6.21 Å². The zero-order valence-electron chi connectivity index (χ0n) is 14.3. The van der Waals surface area contributed by atoms with E-state index in [9.17, 15) is 0 Å². The van der Waals surface area contributed by atoms with E-state index in [0.717, 1.165) is 42.6 Å². The van der Waals surface area contributed by atoms with Crippen molar-refractivity contribution in [2.75, 3.05) is 19.7 Å². The van der Waals surface area contributed by atoms with Crippen molar-refractivity contribution >= 4 is 11.9 Å². The Labute approximate surface area is 144 Å². The van der Waals surface area contributed by atoms with Gasteiger partial charge in [-0.2, -0.15) is 5.10 Å². The SMILES string of the molecule is CCc1cc(C#CCN)ccc1/C(C=NCC1CCCCO1)=N/N. The summed E-state index contributed by atoms with van der Waals surface area (Å²) < 4.78 is 5.69. The molecule has 1 aliphatic heterocycles. The highest BCUT2D eigenvalue weighted by Crippen LogP contribution is 2.15. The highest BCUT2D eigenvalue weighted by Gasteiger charge is 2.13. The normalized spacial score (nSPS) is 18.4. The molecule has 1 saturated heterocycles. The van der Waals surface area contributed by atoms with E-state index in [1.165, 1.54) is 6.42 Å². The van der Waals surface area contributed by atoms with Gasteiger partial charge in [-0.3, -0.25) is 4.99 Å². The number of rotatable bonds is 5. The first-order valence-electron chi connectivity index (χ1n) is 8.50. The van der Waals surface area contributed by atoms with E-state index in [0.29, 0.717) is 18.8 Å². The first-order valence-corrected chi connectivity index (χ1v) is 8.50. The van der Waals surface area contributed by atoms with Crippen LogP contribution >= 0.6 is 0 Å². The fraction of sp³-hybridized carbons (Fsp3) is 0.474. The lowest BCUT2D eigenvalue weighted by Gasteiger charge is -2.20. The van der Waals surface area contributed by atoms with Crippen LogP contribution in [0.5, 0.6) is 0 Å². The molecule has 128 valence electrons. The number of hydrogen-bond acceptors (Lipinski definition) is 5. The van der Waals surface area contributed by atoms with Crippen molar-refractivity contribution in [1.29, 1.82) is 0 Å². The molecule has 1 aromatic carbocycles. The molecule has 5 heteroatoms. The van der Waals surface area contributed by atoms with Crippen LogP contribution in [0.2, 0.25) is 0 Å². The Hall–Kier alpha value is -2.16. The average Bonchev–Trinajstić information content (AvgIpc) is 2.64. The second-order valence-electron chi connectivity index (χ2n) is 5.73. The van der Waals surface area contributed by atoms with E-state index >= 15 is 0 Å². The van der Waals surface area contributed by atoms with Crippen LogP contribution in [0, 0.1) is 11.8 Å². The van der Waals surface area contributed by atoms with Gasteiger partial charge in [-0.15, -0.1) is 0 Å². The third-order valence-electron chi connectivity index (χ3n) is 4.03. The quantitative estimate of drug-likeness (QED) is 0.375. The number of benzene rings is 1. The summed E-state index contributed by atoms with van der Waals surface area (Å²) >= 11 is 0. The second kappa shape index (κ2) is 9.86. The average molecular weight is 326 g/mol. The predicted molar refractivity (Wildman–Crippen MR) is 99.4 cm³/mol. The van der Waals surface area contributed by atoms with Gasteiger partial charge < -0.3 is 16.3 Å². The Morgan fingerprint density at radius 3 is 2.96 bits per heavy atom. The molecule has 1 heterocycles. The number of hydrogen-bond donors (Lipinski definition) is 2. The number of nitrogens with two attached hydrogens (primary N) is 2. The zero-order chi connectivity index (χ0) is 17.2. The van der Waals surface area contributed by atoms with E-state index in [1.807, 2.05) is 12.1 Å². The van der Waals surface area contributed by atoms with Crippen LogP contribution in [-0.2, 0) is 11.2 Å². The van der Waals surface area contributed by atoms with Crippen molar-refractivity contribution in [2.45, 2.75) is 38.7 Å². The fourth-order valence-corrected chi connectivity index (χ4v) is 2.75.